The third-order valence-corrected chi connectivity index (χ3v) is 5.44. The highest BCUT2D eigenvalue weighted by molar-refractivity contribution is 6.04. The molecule has 9 nitrogen and oxygen atoms in total. The van der Waals surface area contributed by atoms with E-state index in [1.807, 2.05) is 0 Å². The SMILES string of the molecule is O=C(O)c1nn(-c2ncc(-c3ccccc3F)cn2)c2cc(C(=O)N3CCOCC3)ccc12. The number of ether oxygens (including phenoxy) is 1. The van der Waals surface area contributed by atoms with Crippen LogP contribution >= 0.6 is 0 Å². The van der Waals surface area contributed by atoms with E-state index in [9.17, 15) is 19.1 Å². The summed E-state index contributed by atoms with van der Waals surface area (Å²) in [4.78, 5) is 34.9. The van der Waals surface area contributed by atoms with Crippen molar-refractivity contribution in [2.45, 2.75) is 0 Å². The van der Waals surface area contributed by atoms with E-state index >= 15 is 0 Å². The molecule has 1 amide bonds. The van der Waals surface area contributed by atoms with Crippen LogP contribution in [0.5, 0.6) is 0 Å². The number of carbonyl (C=O) groups is 2. The van der Waals surface area contributed by atoms with Gasteiger partial charge in [0.2, 0.25) is 0 Å². The van der Waals surface area contributed by atoms with Gasteiger partial charge >= 0.3 is 5.97 Å². The molecule has 2 aromatic carbocycles. The number of amides is 1. The summed E-state index contributed by atoms with van der Waals surface area (Å²) in [5.41, 5.74) is 1.40. The zero-order chi connectivity index (χ0) is 22.9. The van der Waals surface area contributed by atoms with Crippen molar-refractivity contribution in [2.24, 2.45) is 0 Å². The molecule has 0 unspecified atom stereocenters. The molecule has 4 aromatic rings. The van der Waals surface area contributed by atoms with Crippen LogP contribution in [0.4, 0.5) is 4.39 Å². The van der Waals surface area contributed by atoms with Gasteiger partial charge in [-0.2, -0.15) is 9.78 Å². The minimum Gasteiger partial charge on any atom is -0.476 e. The Kier molecular flexibility index (Phi) is 5.27. The van der Waals surface area contributed by atoms with E-state index in [4.69, 9.17) is 4.74 Å². The first-order valence-corrected chi connectivity index (χ1v) is 10.2. The first kappa shape index (κ1) is 20.7. The van der Waals surface area contributed by atoms with Crippen LogP contribution in [0.25, 0.3) is 28.0 Å². The van der Waals surface area contributed by atoms with E-state index < -0.39 is 11.8 Å². The Morgan fingerprint density at radius 3 is 2.45 bits per heavy atom. The number of carboxylic acids is 1. The summed E-state index contributed by atoms with van der Waals surface area (Å²) in [6.45, 7) is 1.91. The Morgan fingerprint density at radius 1 is 1.03 bits per heavy atom. The number of rotatable bonds is 4. The number of hydrogen-bond donors (Lipinski definition) is 1. The second-order valence-corrected chi connectivity index (χ2v) is 7.45. The number of fused-ring (bicyclic) bond motifs is 1. The van der Waals surface area contributed by atoms with Crippen molar-refractivity contribution in [3.63, 3.8) is 0 Å². The van der Waals surface area contributed by atoms with E-state index in [1.165, 1.54) is 23.1 Å². The predicted octanol–water partition coefficient (Wildman–Crippen LogP) is 2.79. The molecule has 1 fully saturated rings. The summed E-state index contributed by atoms with van der Waals surface area (Å²) in [5.74, 6) is -1.70. The first-order chi connectivity index (χ1) is 16.0. The number of carboxylic acid groups (broad SMARTS) is 1. The van der Waals surface area contributed by atoms with E-state index in [2.05, 4.69) is 15.1 Å². The quantitative estimate of drug-likeness (QED) is 0.512. The van der Waals surface area contributed by atoms with E-state index in [-0.39, 0.29) is 17.5 Å². The molecular weight excluding hydrogens is 429 g/mol. The molecule has 1 saturated heterocycles. The molecule has 0 aliphatic carbocycles. The number of halogens is 1. The van der Waals surface area contributed by atoms with Crippen LogP contribution in [-0.4, -0.2) is 67.9 Å². The Labute approximate surface area is 187 Å². The van der Waals surface area contributed by atoms with Crippen LogP contribution in [-0.2, 0) is 4.74 Å². The van der Waals surface area contributed by atoms with E-state index in [0.717, 1.165) is 0 Å². The largest absolute Gasteiger partial charge is 0.476 e. The molecule has 0 spiro atoms. The molecule has 33 heavy (non-hydrogen) atoms. The average Bonchev–Trinajstić information content (AvgIpc) is 3.24. The van der Waals surface area contributed by atoms with E-state index in [0.29, 0.717) is 53.9 Å². The fourth-order valence-electron chi connectivity index (χ4n) is 3.77. The Morgan fingerprint density at radius 2 is 1.76 bits per heavy atom. The summed E-state index contributed by atoms with van der Waals surface area (Å²) < 4.78 is 20.7. The molecule has 1 N–H and O–H groups in total. The van der Waals surface area contributed by atoms with Crippen molar-refractivity contribution in [3.05, 3.63) is 71.9 Å². The molecule has 0 atom stereocenters. The maximum atomic E-state index is 14.1. The van der Waals surface area contributed by atoms with Crippen LogP contribution in [0.1, 0.15) is 20.8 Å². The van der Waals surface area contributed by atoms with Crippen molar-refractivity contribution in [2.75, 3.05) is 26.3 Å². The molecule has 3 heterocycles. The van der Waals surface area contributed by atoms with Gasteiger partial charge in [-0.3, -0.25) is 4.79 Å². The minimum absolute atomic E-state index is 0.101. The van der Waals surface area contributed by atoms with Crippen LogP contribution in [0.15, 0.2) is 54.9 Å². The Bertz CT molecular complexity index is 1360. The van der Waals surface area contributed by atoms with Crippen molar-refractivity contribution in [1.29, 1.82) is 0 Å². The minimum atomic E-state index is -1.21. The second kappa shape index (κ2) is 8.40. The molecular formula is C23H18FN5O4. The third kappa shape index (κ3) is 3.80. The number of aromatic nitrogens is 4. The lowest BCUT2D eigenvalue weighted by atomic mass is 10.1. The van der Waals surface area contributed by atoms with E-state index in [1.54, 1.807) is 41.3 Å². The number of morpholine rings is 1. The first-order valence-electron chi connectivity index (χ1n) is 10.2. The van der Waals surface area contributed by atoms with Crippen LogP contribution in [0.3, 0.4) is 0 Å². The standard InChI is InChI=1S/C23H18FN5O4/c24-18-4-2-1-3-16(18)15-12-25-23(26-13-15)29-19-11-14(21(30)28-7-9-33-10-8-28)5-6-17(19)20(27-29)22(31)32/h1-6,11-13H,7-10H2,(H,31,32). The van der Waals surface area contributed by atoms with Crippen molar-refractivity contribution in [1.82, 2.24) is 24.6 Å². The predicted molar refractivity (Wildman–Crippen MR) is 116 cm³/mol. The molecule has 0 bridgehead atoms. The molecule has 166 valence electrons. The molecule has 1 aliphatic heterocycles. The van der Waals surface area contributed by atoms with Gasteiger partial charge in [0.05, 0.1) is 18.7 Å². The number of carbonyl (C=O) groups excluding carboxylic acids is 1. The van der Waals surface area contributed by atoms with Gasteiger partial charge in [0.25, 0.3) is 11.9 Å². The lowest BCUT2D eigenvalue weighted by molar-refractivity contribution is 0.0303. The normalized spacial score (nSPS) is 13.9. The van der Waals surface area contributed by atoms with Crippen LogP contribution in [0.2, 0.25) is 0 Å². The fraction of sp³-hybridized carbons (Fsp3) is 0.174. The number of hydrogen-bond acceptors (Lipinski definition) is 6. The van der Waals surface area contributed by atoms with Gasteiger partial charge in [-0.05, 0) is 24.3 Å². The number of aromatic carboxylic acids is 1. The molecule has 0 radical (unpaired) electrons. The monoisotopic (exact) mass is 447 g/mol. The van der Waals surface area contributed by atoms with Gasteiger partial charge in [0, 0.05) is 47.6 Å². The molecule has 10 heteroatoms. The Hall–Kier alpha value is -4.18. The van der Waals surface area contributed by atoms with Crippen molar-refractivity contribution < 1.29 is 23.8 Å². The maximum Gasteiger partial charge on any atom is 0.357 e. The van der Waals surface area contributed by atoms with Gasteiger partial charge in [-0.1, -0.05) is 18.2 Å². The van der Waals surface area contributed by atoms with Crippen LogP contribution in [0, 0.1) is 5.82 Å². The zero-order valence-corrected chi connectivity index (χ0v) is 17.3. The Balaban J connectivity index is 1.57. The zero-order valence-electron chi connectivity index (χ0n) is 17.3. The highest BCUT2D eigenvalue weighted by atomic mass is 19.1. The third-order valence-electron chi connectivity index (χ3n) is 5.44. The van der Waals surface area contributed by atoms with Gasteiger partial charge < -0.3 is 14.7 Å². The summed E-state index contributed by atoms with van der Waals surface area (Å²) >= 11 is 0. The average molecular weight is 447 g/mol. The lowest BCUT2D eigenvalue weighted by Crippen LogP contribution is -2.40. The number of benzene rings is 2. The summed E-state index contributed by atoms with van der Waals surface area (Å²) in [5, 5.41) is 14.1. The second-order valence-electron chi connectivity index (χ2n) is 7.45. The summed E-state index contributed by atoms with van der Waals surface area (Å²) in [6, 6.07) is 11.0. The fourth-order valence-corrected chi connectivity index (χ4v) is 3.77. The summed E-state index contributed by atoms with van der Waals surface area (Å²) in [7, 11) is 0. The van der Waals surface area contributed by atoms with Gasteiger partial charge in [-0.25, -0.2) is 19.2 Å². The summed E-state index contributed by atoms with van der Waals surface area (Å²) in [6.07, 6.45) is 2.88. The van der Waals surface area contributed by atoms with Crippen molar-refractivity contribution >= 4 is 22.8 Å². The van der Waals surface area contributed by atoms with Gasteiger partial charge in [0.1, 0.15) is 5.82 Å². The molecule has 0 saturated carbocycles. The topological polar surface area (TPSA) is 110 Å². The highest BCUT2D eigenvalue weighted by Gasteiger charge is 2.23. The van der Waals surface area contributed by atoms with Crippen LogP contribution < -0.4 is 0 Å². The maximum absolute atomic E-state index is 14.1. The molecule has 2 aromatic heterocycles. The van der Waals surface area contributed by atoms with Gasteiger partial charge in [0.15, 0.2) is 5.69 Å². The smallest absolute Gasteiger partial charge is 0.357 e. The lowest BCUT2D eigenvalue weighted by Gasteiger charge is -2.26. The number of nitrogens with zero attached hydrogens (tertiary/aromatic N) is 5. The highest BCUT2D eigenvalue weighted by Crippen LogP contribution is 2.25. The molecule has 1 aliphatic rings. The molecule has 5 rings (SSSR count). The van der Waals surface area contributed by atoms with Gasteiger partial charge in [-0.15, -0.1) is 0 Å². The van der Waals surface area contributed by atoms with Crippen molar-refractivity contribution in [3.8, 4) is 17.1 Å².